The molecular weight excluding hydrogens is 494 g/mol. The number of benzene rings is 2. The van der Waals surface area contributed by atoms with Crippen molar-refractivity contribution in [3.63, 3.8) is 0 Å². The summed E-state index contributed by atoms with van der Waals surface area (Å²) in [6, 6.07) is 18.4. The zero-order valence-electron chi connectivity index (χ0n) is 15.2. The second-order valence-corrected chi connectivity index (χ2v) is 9.76. The molecule has 7 heteroatoms. The fourth-order valence-corrected chi connectivity index (χ4v) is 1.95. The number of hydrogen-bond acceptors (Lipinski definition) is 0. The van der Waals surface area contributed by atoms with Gasteiger partial charge in [-0.05, 0) is 24.3 Å². The monoisotopic (exact) mass is 518 g/mol. The molecule has 0 aromatic heterocycles. The summed E-state index contributed by atoms with van der Waals surface area (Å²) in [4.78, 5) is 36.7. The van der Waals surface area contributed by atoms with Crippen LogP contribution in [-0.2, 0) is 0 Å². The molecule has 0 bridgehead atoms. The van der Waals surface area contributed by atoms with E-state index in [1.165, 1.54) is 0 Å². The maximum absolute atomic E-state index is 9.43. The van der Waals surface area contributed by atoms with E-state index in [1.54, 1.807) is 38.1 Å². The second-order valence-electron chi connectivity index (χ2n) is 5.52. The molecule has 0 saturated carbocycles. The minimum absolute atomic E-state index is 0.204. The predicted octanol–water partition coefficient (Wildman–Crippen LogP) is 4.07. The Morgan fingerprint density at radius 1 is 0.667 bits per heavy atom. The zero-order chi connectivity index (χ0) is 20.7. The maximum atomic E-state index is 9.43. The molecule has 4 nitrogen and oxygen atoms in total. The van der Waals surface area contributed by atoms with Crippen LogP contribution in [0, 0.1) is 0 Å². The number of ketones is 4. The van der Waals surface area contributed by atoms with Gasteiger partial charge >= 0.3 is 59.9 Å². The van der Waals surface area contributed by atoms with Gasteiger partial charge in [0.2, 0.25) is 0 Å². The first-order chi connectivity index (χ1) is 12.8. The summed E-state index contributed by atoms with van der Waals surface area (Å²) in [5, 5.41) is 0. The molecule has 2 rings (SSSR count). The molecule has 2 aromatic carbocycles. The Labute approximate surface area is 176 Å². The van der Waals surface area contributed by atoms with Gasteiger partial charge < -0.3 is 0 Å². The van der Waals surface area contributed by atoms with Gasteiger partial charge in [0.25, 0.3) is 0 Å². The second kappa shape index (κ2) is 15.5. The van der Waals surface area contributed by atoms with Crippen molar-refractivity contribution in [2.24, 2.45) is 0 Å². The van der Waals surface area contributed by atoms with Gasteiger partial charge in [0.1, 0.15) is 0 Å². The zero-order valence-corrected chi connectivity index (χ0v) is 19.6. The standard InChI is InChI=1S/2C10H10O2.2ClH.Sn/c2*1-8(11)7-10(12)9-5-3-2-4-6-9;;;/h2*2-6H,7H2,1H3;2*1H;/q;;;;+2/p+2. The van der Waals surface area contributed by atoms with E-state index in [4.69, 9.17) is 27.4 Å². The van der Waals surface area contributed by atoms with Crippen LogP contribution >= 0.6 is 17.8 Å². The molecule has 0 saturated heterocycles. The first-order valence-electron chi connectivity index (χ1n) is 8.01. The van der Waals surface area contributed by atoms with Crippen molar-refractivity contribution >= 4 is 59.9 Å². The van der Waals surface area contributed by atoms with Crippen molar-refractivity contribution in [3.8, 4) is 0 Å². The molecule has 0 fully saturated rings. The van der Waals surface area contributed by atoms with Crippen molar-refractivity contribution in [1.29, 1.82) is 0 Å². The van der Waals surface area contributed by atoms with Crippen molar-refractivity contribution in [2.75, 3.05) is 0 Å². The number of carbonyl (C=O) groups excluding carboxylic acids is 4. The molecule has 0 amide bonds. The van der Waals surface area contributed by atoms with Crippen LogP contribution in [-0.4, -0.2) is 61.2 Å². The Morgan fingerprint density at radius 2 is 0.926 bits per heavy atom. The normalized spacial score (nSPS) is 9.04. The molecule has 0 aliphatic carbocycles. The third kappa shape index (κ3) is 13.3. The van der Waals surface area contributed by atoms with Crippen LogP contribution in [0.15, 0.2) is 60.7 Å². The van der Waals surface area contributed by atoms with Gasteiger partial charge in [0.15, 0.2) is 12.8 Å². The van der Waals surface area contributed by atoms with Gasteiger partial charge in [-0.1, -0.05) is 36.4 Å². The van der Waals surface area contributed by atoms with Gasteiger partial charge in [-0.2, -0.15) is 0 Å². The molecule has 2 radical (unpaired) electrons. The van der Waals surface area contributed by atoms with Gasteiger partial charge in [0.05, 0.1) is 11.1 Å². The Kier molecular flexibility index (Phi) is 14.7. The molecule has 0 spiro atoms. The average Bonchev–Trinajstić information content (AvgIpc) is 2.63. The van der Waals surface area contributed by atoms with Crippen molar-refractivity contribution in [2.45, 2.75) is 26.7 Å². The fourth-order valence-electron chi connectivity index (χ4n) is 1.95. The third-order valence-electron chi connectivity index (χ3n) is 3.06. The summed E-state index contributed by atoms with van der Waals surface area (Å²) >= 11 is -0.826. The van der Waals surface area contributed by atoms with Crippen molar-refractivity contribution < 1.29 is 19.2 Å². The van der Waals surface area contributed by atoms with Gasteiger partial charge in [-0.25, -0.2) is 0 Å². The van der Waals surface area contributed by atoms with Crippen LogP contribution in [0.1, 0.15) is 37.8 Å². The van der Waals surface area contributed by atoms with Crippen LogP contribution in [0.5, 0.6) is 0 Å². The Hall–Kier alpha value is -1.50. The van der Waals surface area contributed by atoms with Crippen molar-refractivity contribution in [3.05, 3.63) is 71.8 Å². The van der Waals surface area contributed by atoms with Crippen LogP contribution in [0.2, 0.25) is 0 Å². The Morgan fingerprint density at radius 3 is 1.15 bits per heavy atom. The van der Waals surface area contributed by atoms with Crippen molar-refractivity contribution in [1.82, 2.24) is 0 Å². The van der Waals surface area contributed by atoms with E-state index in [1.807, 2.05) is 36.4 Å². The Balaban J connectivity index is 0.000000438. The summed E-state index contributed by atoms with van der Waals surface area (Å²) in [6.07, 6.45) is 0.452. The van der Waals surface area contributed by atoms with E-state index >= 15 is 0 Å². The van der Waals surface area contributed by atoms with E-state index in [9.17, 15) is 9.59 Å². The summed E-state index contributed by atoms with van der Waals surface area (Å²) < 4.78 is 0. The van der Waals surface area contributed by atoms with E-state index in [0.29, 0.717) is 0 Å². The summed E-state index contributed by atoms with van der Waals surface area (Å²) in [5.74, 6) is 0.846. The molecule has 0 unspecified atom stereocenters. The molecular formula is C20H24Cl2O4Sn+4. The summed E-state index contributed by atoms with van der Waals surface area (Å²) in [5.41, 5.74) is 1.51. The Bertz CT molecular complexity index is 671. The number of halogens is 2. The summed E-state index contributed by atoms with van der Waals surface area (Å²) in [6.45, 7) is 3.14. The summed E-state index contributed by atoms with van der Waals surface area (Å²) in [7, 11) is 9.87. The molecule has 0 atom stereocenters. The molecule has 0 heterocycles. The number of rotatable bonds is 6. The third-order valence-corrected chi connectivity index (χ3v) is 3.06. The van der Waals surface area contributed by atoms with Crippen LogP contribution in [0.25, 0.3) is 0 Å². The fraction of sp³-hybridized carbons (Fsp3) is 0.200. The molecule has 0 aliphatic rings. The van der Waals surface area contributed by atoms with Gasteiger partial charge in [-0.3, -0.25) is 19.2 Å². The van der Waals surface area contributed by atoms with Crippen LogP contribution in [0.4, 0.5) is 0 Å². The average molecular weight is 518 g/mol. The minimum atomic E-state index is -0.826. The first-order valence-corrected chi connectivity index (χ1v) is 15.2. The first kappa shape index (κ1) is 25.5. The van der Waals surface area contributed by atoms with E-state index < -0.39 is 18.9 Å². The topological polar surface area (TPSA) is 85.6 Å². The van der Waals surface area contributed by atoms with Gasteiger partial charge in [-0.15, -0.1) is 0 Å². The SMILES string of the molecule is CC(=[OH+])CC(=[OH+])c1ccccc1.CC(=[OH+])CC(=[OH+])c1ccccc1.[Cl][Sn][Cl]. The number of hydrogen-bond donors (Lipinski definition) is 0. The molecule has 4 N–H and O–H groups in total. The quantitative estimate of drug-likeness (QED) is 0.239. The van der Waals surface area contributed by atoms with E-state index in [0.717, 1.165) is 11.1 Å². The molecule has 142 valence electrons. The van der Waals surface area contributed by atoms with E-state index in [-0.39, 0.29) is 36.0 Å². The van der Waals surface area contributed by atoms with Gasteiger partial charge in [0, 0.05) is 13.8 Å². The predicted molar refractivity (Wildman–Crippen MR) is 117 cm³/mol. The molecule has 0 aliphatic heterocycles. The molecule has 27 heavy (non-hydrogen) atoms. The van der Waals surface area contributed by atoms with Crippen LogP contribution < -0.4 is 0 Å². The molecule has 2 aromatic rings. The van der Waals surface area contributed by atoms with E-state index in [2.05, 4.69) is 0 Å². The van der Waals surface area contributed by atoms with Crippen LogP contribution in [0.3, 0.4) is 0 Å².